The number of Topliss-reactive ketones (excluding diaryl/α,β-unsaturated/α-hetero) is 1. The highest BCUT2D eigenvalue weighted by molar-refractivity contribution is 5.80. The maximum atomic E-state index is 11.3. The van der Waals surface area contributed by atoms with Gasteiger partial charge >= 0.3 is 0 Å². The topological polar surface area (TPSA) is 29.5 Å². The van der Waals surface area contributed by atoms with Crippen molar-refractivity contribution in [2.24, 2.45) is 0 Å². The van der Waals surface area contributed by atoms with Crippen LogP contribution < -0.4 is 0 Å². The Morgan fingerprint density at radius 1 is 1.57 bits per heavy atom. The fourth-order valence-electron chi connectivity index (χ4n) is 2.00. The Bertz CT molecular complexity index is 217. The number of piperidine rings is 1. The Kier molecular flexibility index (Phi) is 3.67. The van der Waals surface area contributed by atoms with Crippen LogP contribution in [0.5, 0.6) is 0 Å². The van der Waals surface area contributed by atoms with Gasteiger partial charge in [-0.15, -0.1) is 0 Å². The van der Waals surface area contributed by atoms with Crippen LogP contribution in [0.15, 0.2) is 0 Å². The first-order chi connectivity index (χ1) is 6.48. The second-order valence-electron chi connectivity index (χ2n) is 4.51. The van der Waals surface area contributed by atoms with Crippen molar-refractivity contribution < 1.29 is 9.53 Å². The van der Waals surface area contributed by atoms with Gasteiger partial charge in [0.1, 0.15) is 5.78 Å². The van der Waals surface area contributed by atoms with Gasteiger partial charge in [0.05, 0.1) is 11.6 Å². The van der Waals surface area contributed by atoms with Crippen molar-refractivity contribution in [3.05, 3.63) is 0 Å². The van der Waals surface area contributed by atoms with Crippen molar-refractivity contribution in [2.75, 3.05) is 20.2 Å². The molecule has 2 unspecified atom stereocenters. The fourth-order valence-corrected chi connectivity index (χ4v) is 2.00. The molecular weight excluding hydrogens is 178 g/mol. The number of ketones is 1. The summed E-state index contributed by atoms with van der Waals surface area (Å²) in [6, 6.07) is 0.0322. The number of rotatable bonds is 3. The lowest BCUT2D eigenvalue weighted by Crippen LogP contribution is -2.52. The van der Waals surface area contributed by atoms with Crippen LogP contribution >= 0.6 is 0 Å². The second-order valence-corrected chi connectivity index (χ2v) is 4.51. The molecule has 1 fully saturated rings. The zero-order valence-corrected chi connectivity index (χ0v) is 9.67. The molecule has 14 heavy (non-hydrogen) atoms. The van der Waals surface area contributed by atoms with Crippen LogP contribution in [0.3, 0.4) is 0 Å². The van der Waals surface area contributed by atoms with Crippen LogP contribution in [-0.4, -0.2) is 42.5 Å². The van der Waals surface area contributed by atoms with Crippen LogP contribution in [0.4, 0.5) is 0 Å². The number of nitrogens with zero attached hydrogens (tertiary/aromatic N) is 1. The predicted octanol–water partition coefficient (Wildman–Crippen LogP) is 1.46. The normalized spacial score (nSPS) is 31.4. The van der Waals surface area contributed by atoms with Crippen LogP contribution in [-0.2, 0) is 9.53 Å². The monoisotopic (exact) mass is 199 g/mol. The van der Waals surface area contributed by atoms with E-state index in [9.17, 15) is 4.79 Å². The molecule has 1 saturated heterocycles. The Hall–Kier alpha value is -0.410. The van der Waals surface area contributed by atoms with E-state index in [0.29, 0.717) is 0 Å². The smallest absolute Gasteiger partial charge is 0.146 e. The van der Waals surface area contributed by atoms with Gasteiger partial charge < -0.3 is 4.74 Å². The largest absolute Gasteiger partial charge is 0.377 e. The standard InChI is InChI=1S/C11H21NO2/c1-9(10(2)13)12-7-5-6-11(3,8-12)14-4/h9H,5-8H2,1-4H3. The molecule has 1 aliphatic rings. The van der Waals surface area contributed by atoms with E-state index in [0.717, 1.165) is 25.9 Å². The molecular formula is C11H21NO2. The van der Waals surface area contributed by atoms with E-state index < -0.39 is 0 Å². The molecule has 0 saturated carbocycles. The number of likely N-dealkylation sites (tertiary alicyclic amines) is 1. The van der Waals surface area contributed by atoms with Crippen molar-refractivity contribution in [3.63, 3.8) is 0 Å². The van der Waals surface area contributed by atoms with E-state index >= 15 is 0 Å². The van der Waals surface area contributed by atoms with Crippen molar-refractivity contribution in [1.29, 1.82) is 0 Å². The molecule has 0 bridgehead atoms. The highest BCUT2D eigenvalue weighted by Crippen LogP contribution is 2.25. The maximum absolute atomic E-state index is 11.3. The number of carbonyl (C=O) groups excluding carboxylic acids is 1. The Morgan fingerprint density at radius 3 is 2.71 bits per heavy atom. The molecule has 0 spiro atoms. The third-order valence-corrected chi connectivity index (χ3v) is 3.32. The molecule has 0 aromatic heterocycles. The van der Waals surface area contributed by atoms with E-state index in [1.54, 1.807) is 14.0 Å². The summed E-state index contributed by atoms with van der Waals surface area (Å²) in [6.45, 7) is 7.63. The van der Waals surface area contributed by atoms with Gasteiger partial charge in [-0.25, -0.2) is 0 Å². The summed E-state index contributed by atoms with van der Waals surface area (Å²) in [5.74, 6) is 0.241. The summed E-state index contributed by atoms with van der Waals surface area (Å²) in [5, 5.41) is 0. The molecule has 1 heterocycles. The average Bonchev–Trinajstić information content (AvgIpc) is 2.16. The summed E-state index contributed by atoms with van der Waals surface area (Å²) < 4.78 is 5.49. The molecule has 82 valence electrons. The summed E-state index contributed by atoms with van der Waals surface area (Å²) in [7, 11) is 1.75. The zero-order valence-electron chi connectivity index (χ0n) is 9.67. The molecule has 3 heteroatoms. The van der Waals surface area contributed by atoms with Crippen molar-refractivity contribution in [1.82, 2.24) is 4.90 Å². The van der Waals surface area contributed by atoms with E-state index in [2.05, 4.69) is 11.8 Å². The third-order valence-electron chi connectivity index (χ3n) is 3.32. The summed E-state index contributed by atoms with van der Waals surface area (Å²) in [5.41, 5.74) is -0.0675. The Labute approximate surface area is 86.4 Å². The first-order valence-electron chi connectivity index (χ1n) is 5.28. The zero-order chi connectivity index (χ0) is 10.8. The lowest BCUT2D eigenvalue weighted by Gasteiger charge is -2.41. The van der Waals surface area contributed by atoms with Gasteiger partial charge in [-0.1, -0.05) is 0 Å². The molecule has 0 amide bonds. The van der Waals surface area contributed by atoms with Crippen molar-refractivity contribution in [3.8, 4) is 0 Å². The highest BCUT2D eigenvalue weighted by Gasteiger charge is 2.33. The summed E-state index contributed by atoms with van der Waals surface area (Å²) in [6.07, 6.45) is 2.20. The van der Waals surface area contributed by atoms with Crippen molar-refractivity contribution in [2.45, 2.75) is 45.3 Å². The Morgan fingerprint density at radius 2 is 2.21 bits per heavy atom. The van der Waals surface area contributed by atoms with Crippen molar-refractivity contribution >= 4 is 5.78 Å². The van der Waals surface area contributed by atoms with Gasteiger partial charge in [-0.2, -0.15) is 0 Å². The van der Waals surface area contributed by atoms with E-state index in [4.69, 9.17) is 4.74 Å². The number of ether oxygens (including phenoxy) is 1. The predicted molar refractivity (Wildman–Crippen MR) is 56.4 cm³/mol. The summed E-state index contributed by atoms with van der Waals surface area (Å²) in [4.78, 5) is 13.5. The number of hydrogen-bond donors (Lipinski definition) is 0. The van der Waals surface area contributed by atoms with E-state index in [-0.39, 0.29) is 17.4 Å². The molecule has 0 aromatic rings. The first-order valence-corrected chi connectivity index (χ1v) is 5.28. The number of methoxy groups -OCH3 is 1. The van der Waals surface area contributed by atoms with Crippen LogP contribution in [0, 0.1) is 0 Å². The van der Waals surface area contributed by atoms with Gasteiger partial charge in [0.2, 0.25) is 0 Å². The first kappa shape index (κ1) is 11.7. The van der Waals surface area contributed by atoms with Gasteiger partial charge in [0.15, 0.2) is 0 Å². The Balaban J connectivity index is 2.60. The average molecular weight is 199 g/mol. The molecule has 2 atom stereocenters. The molecule has 0 N–H and O–H groups in total. The second kappa shape index (κ2) is 4.41. The number of carbonyl (C=O) groups is 1. The van der Waals surface area contributed by atoms with Gasteiger partial charge in [-0.05, 0) is 40.2 Å². The number of hydrogen-bond acceptors (Lipinski definition) is 3. The minimum absolute atomic E-state index is 0.0322. The lowest BCUT2D eigenvalue weighted by atomic mass is 9.93. The fraction of sp³-hybridized carbons (Fsp3) is 0.909. The van der Waals surface area contributed by atoms with Gasteiger partial charge in [0, 0.05) is 13.7 Å². The van der Waals surface area contributed by atoms with Crippen LogP contribution in [0.2, 0.25) is 0 Å². The molecule has 0 radical (unpaired) electrons. The molecule has 1 rings (SSSR count). The molecule has 0 aromatic carbocycles. The summed E-state index contributed by atoms with van der Waals surface area (Å²) >= 11 is 0. The molecule has 0 aliphatic carbocycles. The van der Waals surface area contributed by atoms with Gasteiger partial charge in [0.25, 0.3) is 0 Å². The quantitative estimate of drug-likeness (QED) is 0.689. The minimum Gasteiger partial charge on any atom is -0.377 e. The van der Waals surface area contributed by atoms with Crippen LogP contribution in [0.1, 0.15) is 33.6 Å². The maximum Gasteiger partial charge on any atom is 0.146 e. The molecule has 3 nitrogen and oxygen atoms in total. The molecule has 1 aliphatic heterocycles. The SMILES string of the molecule is COC1(C)CCCN(C(C)C(C)=O)C1. The minimum atomic E-state index is -0.0675. The lowest BCUT2D eigenvalue weighted by molar-refractivity contribution is -0.125. The van der Waals surface area contributed by atoms with Gasteiger partial charge in [-0.3, -0.25) is 9.69 Å². The van der Waals surface area contributed by atoms with E-state index in [1.165, 1.54) is 0 Å². The van der Waals surface area contributed by atoms with E-state index in [1.807, 2.05) is 6.92 Å². The third kappa shape index (κ3) is 2.55. The highest BCUT2D eigenvalue weighted by atomic mass is 16.5. The van der Waals surface area contributed by atoms with Crippen LogP contribution in [0.25, 0.3) is 0 Å².